The number of nitrogens with two attached hydrogens (primary N) is 1. The molecule has 1 unspecified atom stereocenters. The van der Waals surface area contributed by atoms with Crippen molar-refractivity contribution in [3.63, 3.8) is 0 Å². The lowest BCUT2D eigenvalue weighted by molar-refractivity contribution is -0.164. The molecule has 3 aromatic rings. The number of nitrogens with zero attached hydrogens (tertiary/aromatic N) is 1. The molecule has 0 aliphatic carbocycles. The second kappa shape index (κ2) is 11.3. The van der Waals surface area contributed by atoms with Crippen molar-refractivity contribution in [2.45, 2.75) is 31.7 Å². The minimum atomic E-state index is -1.10. The number of hydrogen-bond donors (Lipinski definition) is 3. The van der Waals surface area contributed by atoms with Gasteiger partial charge in [-0.05, 0) is 42.8 Å². The first-order valence-corrected chi connectivity index (χ1v) is 11.9. The van der Waals surface area contributed by atoms with Crippen molar-refractivity contribution in [3.05, 3.63) is 93.4 Å². The quantitative estimate of drug-likeness (QED) is 0.304. The number of ether oxygens (including phenoxy) is 2. The summed E-state index contributed by atoms with van der Waals surface area (Å²) in [5.41, 5.74) is 6.10. The number of pyridine rings is 1. The van der Waals surface area contributed by atoms with Gasteiger partial charge in [0.25, 0.3) is 11.5 Å². The molecule has 37 heavy (non-hydrogen) atoms. The number of halogens is 1. The molecule has 1 saturated heterocycles. The van der Waals surface area contributed by atoms with E-state index in [9.17, 15) is 19.2 Å². The summed E-state index contributed by atoms with van der Waals surface area (Å²) in [5.74, 6) is -1.61. The molecule has 1 aromatic heterocycles. The van der Waals surface area contributed by atoms with Crippen LogP contribution in [0.1, 0.15) is 35.3 Å². The van der Waals surface area contributed by atoms with E-state index < -0.39 is 41.7 Å². The minimum Gasteiger partial charge on any atom is -0.433 e. The Morgan fingerprint density at radius 1 is 1.16 bits per heavy atom. The maximum Gasteiger partial charge on any atom is 0.310 e. The molecule has 11 heteroatoms. The molecule has 0 saturated carbocycles. The van der Waals surface area contributed by atoms with Crippen LogP contribution in [0, 0.1) is 0 Å². The monoisotopic (exact) mass is 524 g/mol. The van der Waals surface area contributed by atoms with Gasteiger partial charge >= 0.3 is 5.97 Å². The summed E-state index contributed by atoms with van der Waals surface area (Å²) in [6.45, 7) is 2.03. The van der Waals surface area contributed by atoms with Crippen LogP contribution in [-0.4, -0.2) is 41.3 Å². The Balaban J connectivity index is 1.65. The molecule has 0 bridgehead atoms. The van der Waals surface area contributed by atoms with Crippen molar-refractivity contribution in [1.82, 2.24) is 9.88 Å². The van der Waals surface area contributed by atoms with E-state index in [-0.39, 0.29) is 29.3 Å². The Bertz CT molecular complexity index is 1380. The lowest BCUT2D eigenvalue weighted by Gasteiger charge is -2.24. The van der Waals surface area contributed by atoms with Crippen LogP contribution >= 0.6 is 11.6 Å². The van der Waals surface area contributed by atoms with Crippen molar-refractivity contribution in [3.8, 4) is 0 Å². The molecule has 1 fully saturated rings. The van der Waals surface area contributed by atoms with E-state index in [2.05, 4.69) is 10.6 Å². The van der Waals surface area contributed by atoms with E-state index in [1.54, 1.807) is 43.3 Å². The maximum absolute atomic E-state index is 13.5. The molecule has 1 aliphatic heterocycles. The van der Waals surface area contributed by atoms with Crippen LogP contribution in [-0.2, 0) is 19.1 Å². The number of rotatable bonds is 8. The number of cyclic esters (lactones) is 1. The summed E-state index contributed by atoms with van der Waals surface area (Å²) in [4.78, 5) is 51.6. The third-order valence-corrected chi connectivity index (χ3v) is 6.08. The van der Waals surface area contributed by atoms with Crippen LogP contribution in [0.15, 0.2) is 71.7 Å². The van der Waals surface area contributed by atoms with Gasteiger partial charge in [0.2, 0.25) is 12.2 Å². The molecule has 4 rings (SSSR count). The van der Waals surface area contributed by atoms with Crippen LogP contribution in [0.5, 0.6) is 0 Å². The molecule has 192 valence electrons. The Morgan fingerprint density at radius 3 is 2.62 bits per heavy atom. The second-order valence-electron chi connectivity index (χ2n) is 8.27. The largest absolute Gasteiger partial charge is 0.433 e. The highest BCUT2D eigenvalue weighted by Gasteiger charge is 2.38. The van der Waals surface area contributed by atoms with Crippen LogP contribution < -0.4 is 21.9 Å². The van der Waals surface area contributed by atoms with Gasteiger partial charge in [-0.25, -0.2) is 0 Å². The predicted molar refractivity (Wildman–Crippen MR) is 137 cm³/mol. The zero-order chi connectivity index (χ0) is 26.5. The average molecular weight is 525 g/mol. The number of nitrogens with one attached hydrogen (secondary N) is 2. The summed E-state index contributed by atoms with van der Waals surface area (Å²) >= 11 is 6.02. The van der Waals surface area contributed by atoms with Crippen molar-refractivity contribution in [2.75, 3.05) is 17.7 Å². The van der Waals surface area contributed by atoms with Gasteiger partial charge in [-0.3, -0.25) is 23.7 Å². The number of hydrogen-bond acceptors (Lipinski definition) is 7. The number of carbonyl (C=O) groups excluding carboxylic acids is 3. The minimum absolute atomic E-state index is 0.0410. The van der Waals surface area contributed by atoms with Crippen molar-refractivity contribution >= 4 is 40.8 Å². The maximum atomic E-state index is 13.5. The molecule has 10 nitrogen and oxygen atoms in total. The lowest BCUT2D eigenvalue weighted by Crippen LogP contribution is -2.46. The average Bonchev–Trinajstić information content (AvgIpc) is 3.22. The summed E-state index contributed by atoms with van der Waals surface area (Å²) in [5, 5.41) is 5.56. The Morgan fingerprint density at radius 2 is 1.92 bits per heavy atom. The van der Waals surface area contributed by atoms with E-state index in [0.29, 0.717) is 11.3 Å². The highest BCUT2D eigenvalue weighted by Crippen LogP contribution is 2.23. The van der Waals surface area contributed by atoms with Gasteiger partial charge in [-0.2, -0.15) is 0 Å². The molecule has 2 heterocycles. The summed E-state index contributed by atoms with van der Waals surface area (Å²) < 4.78 is 11.8. The molecule has 1 aliphatic rings. The molecule has 3 atom stereocenters. The number of amides is 2. The molecular weight excluding hydrogens is 500 g/mol. The number of esters is 1. The second-order valence-corrected chi connectivity index (χ2v) is 8.68. The Hall–Kier alpha value is -4.15. The number of benzene rings is 2. The van der Waals surface area contributed by atoms with Crippen molar-refractivity contribution in [2.24, 2.45) is 0 Å². The standard InChI is InChI=1S/C26H25ClN4O6/c1-2-36-26-20(14-21(32)37-26)30-24(34)22(15-7-4-3-5-8-15)31-12-6-9-19(25(31)35)29-23(33)16-10-11-18(28)17(27)13-16/h3-13,20,22,26H,2,14,28H2,1H3,(H,29,33)(H,30,34)/t20-,22+,26?/m0/s1. The van der Waals surface area contributed by atoms with Gasteiger partial charge in [0.15, 0.2) is 0 Å². The van der Waals surface area contributed by atoms with Crippen LogP contribution in [0.2, 0.25) is 5.02 Å². The van der Waals surface area contributed by atoms with E-state index in [1.807, 2.05) is 0 Å². The zero-order valence-electron chi connectivity index (χ0n) is 19.8. The first-order valence-electron chi connectivity index (χ1n) is 11.5. The molecular formula is C26H25ClN4O6. The molecule has 0 spiro atoms. The lowest BCUT2D eigenvalue weighted by atomic mass is 10.0. The summed E-state index contributed by atoms with van der Waals surface area (Å²) in [6, 6.07) is 14.2. The first kappa shape index (κ1) is 25.9. The topological polar surface area (TPSA) is 142 Å². The van der Waals surface area contributed by atoms with E-state index >= 15 is 0 Å². The molecule has 2 amide bonds. The Labute approximate surface area is 217 Å². The van der Waals surface area contributed by atoms with Crippen LogP contribution in [0.4, 0.5) is 11.4 Å². The molecule has 0 radical (unpaired) electrons. The highest BCUT2D eigenvalue weighted by molar-refractivity contribution is 6.33. The van der Waals surface area contributed by atoms with Gasteiger partial charge in [-0.1, -0.05) is 41.9 Å². The van der Waals surface area contributed by atoms with Crippen molar-refractivity contribution < 1.29 is 23.9 Å². The third kappa shape index (κ3) is 5.82. The zero-order valence-corrected chi connectivity index (χ0v) is 20.6. The third-order valence-electron chi connectivity index (χ3n) is 5.75. The fourth-order valence-corrected chi connectivity index (χ4v) is 4.16. The number of nitrogen functional groups attached to an aromatic ring is 1. The van der Waals surface area contributed by atoms with Gasteiger partial charge in [0.1, 0.15) is 17.8 Å². The van der Waals surface area contributed by atoms with Gasteiger partial charge < -0.3 is 25.8 Å². The van der Waals surface area contributed by atoms with Gasteiger partial charge in [0, 0.05) is 18.4 Å². The van der Waals surface area contributed by atoms with E-state index in [4.69, 9.17) is 26.8 Å². The fraction of sp³-hybridized carbons (Fsp3) is 0.231. The summed E-state index contributed by atoms with van der Waals surface area (Å²) in [6.07, 6.45) is 0.463. The number of aromatic nitrogens is 1. The van der Waals surface area contributed by atoms with E-state index in [1.165, 1.54) is 35.0 Å². The van der Waals surface area contributed by atoms with Crippen LogP contribution in [0.25, 0.3) is 0 Å². The summed E-state index contributed by atoms with van der Waals surface area (Å²) in [7, 11) is 0. The Kier molecular flexibility index (Phi) is 7.90. The number of carbonyl (C=O) groups is 3. The fourth-order valence-electron chi connectivity index (χ4n) is 3.98. The molecule has 4 N–H and O–H groups in total. The smallest absolute Gasteiger partial charge is 0.310 e. The van der Waals surface area contributed by atoms with Gasteiger partial charge in [-0.15, -0.1) is 0 Å². The van der Waals surface area contributed by atoms with Crippen LogP contribution in [0.3, 0.4) is 0 Å². The highest BCUT2D eigenvalue weighted by atomic mass is 35.5. The molecule has 2 aromatic carbocycles. The number of anilines is 2. The normalized spacial score (nSPS) is 17.6. The predicted octanol–water partition coefficient (Wildman–Crippen LogP) is 2.72. The first-order chi connectivity index (χ1) is 17.8. The van der Waals surface area contributed by atoms with Gasteiger partial charge in [0.05, 0.1) is 17.1 Å². The van der Waals surface area contributed by atoms with Crippen molar-refractivity contribution in [1.29, 1.82) is 0 Å². The van der Waals surface area contributed by atoms with E-state index in [0.717, 1.165) is 0 Å². The SMILES string of the molecule is CCOC1OC(=O)C[C@@H]1NC(=O)[C@@H](c1ccccc1)n1cccc(NC(=O)c2ccc(N)c(Cl)c2)c1=O.